The van der Waals surface area contributed by atoms with Crippen LogP contribution in [0.3, 0.4) is 0 Å². The van der Waals surface area contributed by atoms with E-state index in [1.807, 2.05) is 67.1 Å². The van der Waals surface area contributed by atoms with Gasteiger partial charge in [0.25, 0.3) is 5.91 Å². The molecule has 132 valence electrons. The Morgan fingerprint density at radius 1 is 1.15 bits per heavy atom. The Kier molecular flexibility index (Phi) is 4.20. The third-order valence-electron chi connectivity index (χ3n) is 4.74. The monoisotopic (exact) mass is 365 g/mol. The van der Waals surface area contributed by atoms with Gasteiger partial charge in [-0.25, -0.2) is 0 Å². The maximum atomic E-state index is 12.7. The Bertz CT molecular complexity index is 1060. The summed E-state index contributed by atoms with van der Waals surface area (Å²) in [5, 5.41) is 0. The zero-order valence-corrected chi connectivity index (χ0v) is 15.5. The van der Waals surface area contributed by atoms with Gasteiger partial charge in [-0.05, 0) is 31.2 Å². The van der Waals surface area contributed by atoms with Crippen LogP contribution in [0.15, 0.2) is 53.5 Å². The maximum Gasteiger partial charge on any atom is 0.253 e. The molecule has 0 spiro atoms. The van der Waals surface area contributed by atoms with Crippen LogP contribution < -0.4 is 9.70 Å². The number of carbonyl (C=O) groups excluding carboxylic acids is 2. The molecule has 0 aliphatic carbocycles. The van der Waals surface area contributed by atoms with Crippen LogP contribution >= 0.6 is 11.3 Å². The Morgan fingerprint density at radius 2 is 1.88 bits per heavy atom. The number of carbonyl (C=O) groups is 2. The van der Waals surface area contributed by atoms with Gasteiger partial charge in [-0.3, -0.25) is 9.59 Å². The summed E-state index contributed by atoms with van der Waals surface area (Å²) in [6.45, 7) is 2.39. The quantitative estimate of drug-likeness (QED) is 0.701. The molecule has 1 saturated heterocycles. The summed E-state index contributed by atoms with van der Waals surface area (Å²) in [5.41, 5.74) is 3.02. The zero-order chi connectivity index (χ0) is 18.3. The smallest absolute Gasteiger partial charge is 0.253 e. The maximum absolute atomic E-state index is 12.7. The lowest BCUT2D eigenvalue weighted by atomic mass is 10.1. The van der Waals surface area contributed by atoms with Crippen LogP contribution in [0, 0.1) is 12.8 Å². The fourth-order valence-electron chi connectivity index (χ4n) is 3.22. The molecule has 4 rings (SSSR count). The SMILES string of the molecule is Cc1ccc(N2C[C@@H](C(=O)N=c3sc4ccccc4n3C)CC2=O)cc1. The Balaban J connectivity index is 1.60. The van der Waals surface area contributed by atoms with Gasteiger partial charge >= 0.3 is 0 Å². The molecule has 0 N–H and O–H groups in total. The number of amides is 2. The van der Waals surface area contributed by atoms with E-state index in [1.165, 1.54) is 11.3 Å². The van der Waals surface area contributed by atoms with Gasteiger partial charge in [0.2, 0.25) is 5.91 Å². The first-order valence-electron chi connectivity index (χ1n) is 8.53. The highest BCUT2D eigenvalue weighted by molar-refractivity contribution is 7.16. The molecule has 1 atom stereocenters. The molecule has 0 radical (unpaired) electrons. The molecule has 2 aromatic carbocycles. The van der Waals surface area contributed by atoms with Crippen molar-refractivity contribution < 1.29 is 9.59 Å². The fourth-order valence-corrected chi connectivity index (χ4v) is 4.24. The number of rotatable bonds is 2. The largest absolute Gasteiger partial charge is 0.319 e. The summed E-state index contributed by atoms with van der Waals surface area (Å²) in [5.74, 6) is -0.646. The number of benzene rings is 2. The second kappa shape index (κ2) is 6.53. The lowest BCUT2D eigenvalue weighted by molar-refractivity contribution is -0.123. The molecule has 2 heterocycles. The van der Waals surface area contributed by atoms with E-state index in [2.05, 4.69) is 4.99 Å². The van der Waals surface area contributed by atoms with Gasteiger partial charge in [0.1, 0.15) is 0 Å². The van der Waals surface area contributed by atoms with Crippen LogP contribution in [0.25, 0.3) is 10.2 Å². The lowest BCUT2D eigenvalue weighted by Crippen LogP contribution is -2.26. The summed E-state index contributed by atoms with van der Waals surface area (Å²) in [4.78, 5) is 31.7. The molecular weight excluding hydrogens is 346 g/mol. The first-order valence-corrected chi connectivity index (χ1v) is 9.35. The molecule has 1 aliphatic heterocycles. The average Bonchev–Trinajstić information content (AvgIpc) is 3.17. The summed E-state index contributed by atoms with van der Waals surface area (Å²) < 4.78 is 3.01. The van der Waals surface area contributed by atoms with Crippen LogP contribution in [0.4, 0.5) is 5.69 Å². The Labute approximate surface area is 155 Å². The van der Waals surface area contributed by atoms with Crippen LogP contribution in [-0.2, 0) is 16.6 Å². The molecule has 0 bridgehead atoms. The predicted octanol–water partition coefficient (Wildman–Crippen LogP) is 3.03. The van der Waals surface area contributed by atoms with E-state index >= 15 is 0 Å². The van der Waals surface area contributed by atoms with Crippen molar-refractivity contribution in [3.8, 4) is 0 Å². The van der Waals surface area contributed by atoms with Crippen molar-refractivity contribution in [1.82, 2.24) is 4.57 Å². The number of hydrogen-bond acceptors (Lipinski definition) is 3. The Hall–Kier alpha value is -2.73. The molecular formula is C20H19N3O2S. The minimum absolute atomic E-state index is 0.0249. The minimum atomic E-state index is -0.394. The second-order valence-corrected chi connectivity index (χ2v) is 7.61. The number of aryl methyl sites for hydroxylation is 2. The number of anilines is 1. The van der Waals surface area contributed by atoms with Crippen molar-refractivity contribution in [3.63, 3.8) is 0 Å². The molecule has 26 heavy (non-hydrogen) atoms. The van der Waals surface area contributed by atoms with E-state index in [0.717, 1.165) is 21.5 Å². The van der Waals surface area contributed by atoms with Crippen LogP contribution in [0.5, 0.6) is 0 Å². The number of para-hydroxylation sites is 1. The van der Waals surface area contributed by atoms with Gasteiger partial charge in [-0.1, -0.05) is 41.2 Å². The summed E-state index contributed by atoms with van der Waals surface area (Å²) in [6.07, 6.45) is 0.213. The van der Waals surface area contributed by atoms with Gasteiger partial charge in [-0.2, -0.15) is 4.99 Å². The average molecular weight is 365 g/mol. The van der Waals surface area contributed by atoms with Crippen LogP contribution in [-0.4, -0.2) is 22.9 Å². The van der Waals surface area contributed by atoms with E-state index in [-0.39, 0.29) is 18.2 Å². The third kappa shape index (κ3) is 2.97. The van der Waals surface area contributed by atoms with E-state index in [0.29, 0.717) is 11.3 Å². The van der Waals surface area contributed by atoms with Gasteiger partial charge < -0.3 is 9.47 Å². The van der Waals surface area contributed by atoms with Crippen LogP contribution in [0.1, 0.15) is 12.0 Å². The van der Waals surface area contributed by atoms with Crippen molar-refractivity contribution in [1.29, 1.82) is 0 Å². The first kappa shape index (κ1) is 16.7. The molecule has 5 nitrogen and oxygen atoms in total. The van der Waals surface area contributed by atoms with Gasteiger partial charge in [0.15, 0.2) is 4.80 Å². The summed E-state index contributed by atoms with van der Waals surface area (Å²) in [6, 6.07) is 15.7. The van der Waals surface area contributed by atoms with Crippen molar-refractivity contribution >= 4 is 39.1 Å². The zero-order valence-electron chi connectivity index (χ0n) is 14.7. The molecule has 1 aromatic heterocycles. The molecule has 0 unspecified atom stereocenters. The minimum Gasteiger partial charge on any atom is -0.319 e. The summed E-state index contributed by atoms with van der Waals surface area (Å²) >= 11 is 1.49. The molecule has 0 saturated carbocycles. The number of hydrogen-bond donors (Lipinski definition) is 0. The highest BCUT2D eigenvalue weighted by atomic mass is 32.1. The van der Waals surface area contributed by atoms with E-state index in [1.54, 1.807) is 4.90 Å². The fraction of sp³-hybridized carbons (Fsp3) is 0.250. The molecule has 1 aliphatic rings. The van der Waals surface area contributed by atoms with E-state index in [4.69, 9.17) is 0 Å². The van der Waals surface area contributed by atoms with Gasteiger partial charge in [0, 0.05) is 25.7 Å². The predicted molar refractivity (Wildman–Crippen MR) is 103 cm³/mol. The molecule has 1 fully saturated rings. The number of nitrogens with zero attached hydrogens (tertiary/aromatic N) is 3. The molecule has 2 amide bonds. The van der Waals surface area contributed by atoms with Crippen molar-refractivity contribution in [2.75, 3.05) is 11.4 Å². The van der Waals surface area contributed by atoms with Gasteiger partial charge in [0.05, 0.1) is 16.1 Å². The molecule has 6 heteroatoms. The molecule has 3 aromatic rings. The van der Waals surface area contributed by atoms with Gasteiger partial charge in [-0.15, -0.1) is 0 Å². The number of aromatic nitrogens is 1. The first-order chi connectivity index (χ1) is 12.5. The lowest BCUT2D eigenvalue weighted by Gasteiger charge is -2.16. The topological polar surface area (TPSA) is 54.7 Å². The highest BCUT2D eigenvalue weighted by Gasteiger charge is 2.35. The van der Waals surface area contributed by atoms with Crippen LogP contribution in [0.2, 0.25) is 0 Å². The number of fused-ring (bicyclic) bond motifs is 1. The van der Waals surface area contributed by atoms with E-state index in [9.17, 15) is 9.59 Å². The summed E-state index contributed by atoms with van der Waals surface area (Å²) in [7, 11) is 1.91. The number of thiazole rings is 1. The Morgan fingerprint density at radius 3 is 2.62 bits per heavy atom. The second-order valence-electron chi connectivity index (χ2n) is 6.60. The van der Waals surface area contributed by atoms with Crippen molar-refractivity contribution in [2.24, 2.45) is 18.0 Å². The van der Waals surface area contributed by atoms with Crippen molar-refractivity contribution in [3.05, 3.63) is 58.9 Å². The normalized spacial score (nSPS) is 18.1. The third-order valence-corrected chi connectivity index (χ3v) is 5.85. The standard InChI is InChI=1S/C20H19N3O2S/c1-13-7-9-15(10-8-13)23-12-14(11-18(23)24)19(25)21-20-22(2)16-5-3-4-6-17(16)26-20/h3-10,14H,11-12H2,1-2H3/t14-/m0/s1. The highest BCUT2D eigenvalue weighted by Crippen LogP contribution is 2.26. The van der Waals surface area contributed by atoms with Crippen molar-refractivity contribution in [2.45, 2.75) is 13.3 Å². The van der Waals surface area contributed by atoms with E-state index < -0.39 is 5.92 Å².